The number of halogens is 3. The Kier molecular flexibility index (Phi) is 7.35. The second kappa shape index (κ2) is 9.89. The number of alkyl halides is 3. The van der Waals surface area contributed by atoms with Crippen LogP contribution >= 0.6 is 0 Å². The average Bonchev–Trinajstić information content (AvgIpc) is 3.22. The highest BCUT2D eigenvalue weighted by atomic mass is 19.4. The van der Waals surface area contributed by atoms with E-state index in [1.165, 1.54) is 13.0 Å². The molecule has 2 N–H and O–H groups in total. The lowest BCUT2D eigenvalue weighted by atomic mass is 9.94. The van der Waals surface area contributed by atoms with Crippen LogP contribution in [0, 0.1) is 20.8 Å². The number of nitrogens with zero attached hydrogens (tertiary/aromatic N) is 2. The third-order valence-electron chi connectivity index (χ3n) is 6.04. The van der Waals surface area contributed by atoms with Crippen molar-refractivity contribution in [1.29, 1.82) is 0 Å². The van der Waals surface area contributed by atoms with Crippen molar-refractivity contribution in [2.45, 2.75) is 52.4 Å². The molecule has 1 heterocycles. The minimum Gasteiger partial charge on any atom is -0.479 e. The minimum absolute atomic E-state index is 0.116. The summed E-state index contributed by atoms with van der Waals surface area (Å²) in [6.45, 7) is 6.94. The van der Waals surface area contributed by atoms with Crippen LogP contribution in [0.4, 0.5) is 13.2 Å². The second-order valence-electron chi connectivity index (χ2n) is 8.28. The van der Waals surface area contributed by atoms with Crippen LogP contribution in [0.3, 0.4) is 0 Å². The molecular formula is C25H28F3N3O3. The number of nitrogens with one attached hydrogen (secondary N) is 1. The fourth-order valence-electron chi connectivity index (χ4n) is 3.91. The summed E-state index contributed by atoms with van der Waals surface area (Å²) >= 11 is 0. The summed E-state index contributed by atoms with van der Waals surface area (Å²) in [5.74, 6) is -0.530. The van der Waals surface area contributed by atoms with E-state index in [0.717, 1.165) is 34.5 Å². The highest BCUT2D eigenvalue weighted by Gasteiger charge is 2.31. The molecule has 2 unspecified atom stereocenters. The molecule has 2 aromatic carbocycles. The standard InChI is InChI=1S/C25H28F3N3O3/c1-14-12-18(25(26,27)28)6-8-22(14)31-19(10-11-30-31)13-21(29-5)20-7-9-23(16(3)15(20)2)34-17(4)24(32)33/h6-12,17,21,29H,13H2,1-5H3,(H,32,33). The molecule has 3 rings (SSSR count). The van der Waals surface area contributed by atoms with Gasteiger partial charge in [-0.2, -0.15) is 18.3 Å². The lowest BCUT2D eigenvalue weighted by molar-refractivity contribution is -0.144. The zero-order valence-electron chi connectivity index (χ0n) is 19.7. The number of hydrogen-bond donors (Lipinski definition) is 2. The average molecular weight is 476 g/mol. The first-order valence-electron chi connectivity index (χ1n) is 10.8. The zero-order chi connectivity index (χ0) is 25.2. The molecule has 1 aromatic heterocycles. The van der Waals surface area contributed by atoms with Gasteiger partial charge in [-0.15, -0.1) is 0 Å². The summed E-state index contributed by atoms with van der Waals surface area (Å²) in [7, 11) is 1.83. The number of ether oxygens (including phenoxy) is 1. The van der Waals surface area contributed by atoms with E-state index < -0.39 is 23.8 Å². The maximum absolute atomic E-state index is 13.1. The Morgan fingerprint density at radius 2 is 1.85 bits per heavy atom. The van der Waals surface area contributed by atoms with Gasteiger partial charge in [0.05, 0.1) is 11.3 Å². The molecule has 0 saturated heterocycles. The molecule has 0 bridgehead atoms. The van der Waals surface area contributed by atoms with Crippen LogP contribution < -0.4 is 10.1 Å². The van der Waals surface area contributed by atoms with Crippen LogP contribution in [0.2, 0.25) is 0 Å². The van der Waals surface area contributed by atoms with Crippen LogP contribution in [-0.2, 0) is 17.4 Å². The number of aryl methyl sites for hydroxylation is 1. The minimum atomic E-state index is -4.40. The molecule has 6 nitrogen and oxygen atoms in total. The number of rotatable bonds is 8. The number of carbonyl (C=O) groups is 1. The molecule has 0 spiro atoms. The summed E-state index contributed by atoms with van der Waals surface area (Å²) in [6.07, 6.45) is -3.21. The van der Waals surface area contributed by atoms with Crippen molar-refractivity contribution in [1.82, 2.24) is 15.1 Å². The van der Waals surface area contributed by atoms with Gasteiger partial charge in [0.1, 0.15) is 5.75 Å². The van der Waals surface area contributed by atoms with Gasteiger partial charge in [0.15, 0.2) is 6.10 Å². The Balaban J connectivity index is 1.90. The molecule has 182 valence electrons. The molecule has 9 heteroatoms. The van der Waals surface area contributed by atoms with E-state index in [4.69, 9.17) is 9.84 Å². The lowest BCUT2D eigenvalue weighted by Gasteiger charge is -2.23. The first-order valence-corrected chi connectivity index (χ1v) is 10.8. The number of aromatic nitrogens is 2. The van der Waals surface area contributed by atoms with E-state index in [9.17, 15) is 18.0 Å². The van der Waals surface area contributed by atoms with Crippen molar-refractivity contribution in [2.24, 2.45) is 0 Å². The SMILES string of the molecule is CNC(Cc1ccnn1-c1ccc(C(F)(F)F)cc1C)c1ccc(OC(C)C(=O)O)c(C)c1C. The van der Waals surface area contributed by atoms with Crippen LogP contribution in [0.5, 0.6) is 5.75 Å². The topological polar surface area (TPSA) is 76.4 Å². The summed E-state index contributed by atoms with van der Waals surface area (Å²) in [6, 6.07) is 9.02. The smallest absolute Gasteiger partial charge is 0.416 e. The number of likely N-dealkylation sites (N-methyl/N-ethyl adjacent to an activating group) is 1. The predicted molar refractivity (Wildman–Crippen MR) is 122 cm³/mol. The molecule has 0 aliphatic rings. The molecule has 34 heavy (non-hydrogen) atoms. The van der Waals surface area contributed by atoms with Crippen LogP contribution in [0.15, 0.2) is 42.6 Å². The summed E-state index contributed by atoms with van der Waals surface area (Å²) < 4.78 is 46.4. The third-order valence-corrected chi connectivity index (χ3v) is 6.04. The number of carboxylic acids is 1. The summed E-state index contributed by atoms with van der Waals surface area (Å²) in [5, 5.41) is 16.8. The highest BCUT2D eigenvalue weighted by Crippen LogP contribution is 2.33. The van der Waals surface area contributed by atoms with Crippen molar-refractivity contribution in [3.63, 3.8) is 0 Å². The Bertz CT molecular complexity index is 1190. The van der Waals surface area contributed by atoms with Crippen molar-refractivity contribution in [2.75, 3.05) is 7.05 Å². The Labute approximate surface area is 196 Å². The summed E-state index contributed by atoms with van der Waals surface area (Å²) in [5.41, 5.74) is 4.01. The third kappa shape index (κ3) is 5.25. The first-order chi connectivity index (χ1) is 15.9. The van der Waals surface area contributed by atoms with Gasteiger partial charge in [0, 0.05) is 24.4 Å². The maximum Gasteiger partial charge on any atom is 0.416 e. The Hall–Kier alpha value is -3.33. The van der Waals surface area contributed by atoms with E-state index in [-0.39, 0.29) is 6.04 Å². The normalized spacial score (nSPS) is 13.5. The van der Waals surface area contributed by atoms with Gasteiger partial charge >= 0.3 is 12.1 Å². The van der Waals surface area contributed by atoms with Crippen molar-refractivity contribution >= 4 is 5.97 Å². The fourth-order valence-corrected chi connectivity index (χ4v) is 3.91. The van der Waals surface area contributed by atoms with Gasteiger partial charge in [0.2, 0.25) is 0 Å². The van der Waals surface area contributed by atoms with Crippen molar-refractivity contribution in [3.8, 4) is 11.4 Å². The molecule has 0 radical (unpaired) electrons. The van der Waals surface area contributed by atoms with E-state index in [0.29, 0.717) is 23.4 Å². The molecule has 0 saturated carbocycles. The van der Waals surface area contributed by atoms with Crippen molar-refractivity contribution < 1.29 is 27.8 Å². The van der Waals surface area contributed by atoms with Gasteiger partial charge in [-0.1, -0.05) is 6.07 Å². The molecule has 0 amide bonds. The second-order valence-corrected chi connectivity index (χ2v) is 8.28. The van der Waals surface area contributed by atoms with Crippen LogP contribution in [-0.4, -0.2) is 34.0 Å². The van der Waals surface area contributed by atoms with E-state index in [1.54, 1.807) is 23.9 Å². The molecular weight excluding hydrogens is 447 g/mol. The highest BCUT2D eigenvalue weighted by molar-refractivity contribution is 5.72. The quantitative estimate of drug-likeness (QED) is 0.470. The van der Waals surface area contributed by atoms with E-state index in [1.807, 2.05) is 33.0 Å². The Morgan fingerprint density at radius 3 is 2.44 bits per heavy atom. The monoisotopic (exact) mass is 475 g/mol. The van der Waals surface area contributed by atoms with Crippen LogP contribution in [0.25, 0.3) is 5.69 Å². The largest absolute Gasteiger partial charge is 0.479 e. The van der Waals surface area contributed by atoms with E-state index >= 15 is 0 Å². The number of aliphatic carboxylic acids is 1. The molecule has 0 fully saturated rings. The fraction of sp³-hybridized carbons (Fsp3) is 0.360. The summed E-state index contributed by atoms with van der Waals surface area (Å²) in [4.78, 5) is 11.1. The molecule has 2 atom stereocenters. The van der Waals surface area contributed by atoms with Gasteiger partial charge in [-0.05, 0) is 87.3 Å². The maximum atomic E-state index is 13.1. The number of benzene rings is 2. The Morgan fingerprint density at radius 1 is 1.15 bits per heavy atom. The van der Waals surface area contributed by atoms with E-state index in [2.05, 4.69) is 10.4 Å². The van der Waals surface area contributed by atoms with Crippen molar-refractivity contribution in [3.05, 3.63) is 76.1 Å². The molecule has 3 aromatic rings. The molecule has 0 aliphatic heterocycles. The lowest BCUT2D eigenvalue weighted by Crippen LogP contribution is -2.24. The van der Waals surface area contributed by atoms with Crippen LogP contribution in [0.1, 0.15) is 46.5 Å². The molecule has 0 aliphatic carbocycles. The van der Waals surface area contributed by atoms with Gasteiger partial charge in [-0.3, -0.25) is 0 Å². The van der Waals surface area contributed by atoms with Gasteiger partial charge < -0.3 is 15.2 Å². The number of carboxylic acid groups (broad SMARTS) is 1. The zero-order valence-corrected chi connectivity index (χ0v) is 19.7. The van der Waals surface area contributed by atoms with Gasteiger partial charge in [0.25, 0.3) is 0 Å². The van der Waals surface area contributed by atoms with Gasteiger partial charge in [-0.25, -0.2) is 9.48 Å². The predicted octanol–water partition coefficient (Wildman–Crippen LogP) is 5.17. The first kappa shape index (κ1) is 25.3. The number of hydrogen-bond acceptors (Lipinski definition) is 4.